The summed E-state index contributed by atoms with van der Waals surface area (Å²) < 4.78 is 14.7. The Balaban J connectivity index is 1.74. The van der Waals surface area contributed by atoms with Gasteiger partial charge in [0.1, 0.15) is 11.3 Å². The van der Waals surface area contributed by atoms with E-state index in [0.29, 0.717) is 23.4 Å². The van der Waals surface area contributed by atoms with Crippen molar-refractivity contribution < 1.29 is 19.4 Å². The van der Waals surface area contributed by atoms with Gasteiger partial charge in [-0.1, -0.05) is 12.1 Å². The number of hydrogen-bond donors (Lipinski definition) is 1. The average Bonchev–Trinajstić information content (AvgIpc) is 3.33. The van der Waals surface area contributed by atoms with E-state index in [2.05, 4.69) is 27.7 Å². The maximum Gasteiger partial charge on any atom is 0.338 e. The fourth-order valence-electron chi connectivity index (χ4n) is 4.60. The van der Waals surface area contributed by atoms with E-state index in [4.69, 9.17) is 14.5 Å². The smallest absolute Gasteiger partial charge is 0.338 e. The molecule has 5 rings (SSSR count). The van der Waals surface area contributed by atoms with E-state index >= 15 is 0 Å². The van der Waals surface area contributed by atoms with Crippen LogP contribution in [0, 0.1) is 0 Å². The SMILES string of the molecule is COC(=O)c1cc(OC)c2c(c1)nc(-c1cc3cccc4c3n1CCN4CCO)n2C. The summed E-state index contributed by atoms with van der Waals surface area (Å²) in [7, 11) is 4.90. The molecule has 4 aromatic rings. The first-order chi connectivity index (χ1) is 15.1. The van der Waals surface area contributed by atoms with Gasteiger partial charge in [0.05, 0.1) is 48.8 Å². The number of esters is 1. The summed E-state index contributed by atoms with van der Waals surface area (Å²) in [6, 6.07) is 11.8. The number of nitrogens with zero attached hydrogens (tertiary/aromatic N) is 4. The molecule has 0 atom stereocenters. The Kier molecular flexibility index (Phi) is 4.59. The van der Waals surface area contributed by atoms with Gasteiger partial charge in [0.15, 0.2) is 5.82 Å². The third-order valence-electron chi connectivity index (χ3n) is 6.01. The molecular weight excluding hydrogens is 396 g/mol. The molecular formula is C23H24N4O4. The first-order valence-electron chi connectivity index (χ1n) is 10.2. The number of rotatable bonds is 5. The molecule has 1 N–H and O–H groups in total. The Morgan fingerprint density at radius 2 is 2.00 bits per heavy atom. The van der Waals surface area contributed by atoms with Crippen LogP contribution in [0.2, 0.25) is 0 Å². The Bertz CT molecular complexity index is 1320. The van der Waals surface area contributed by atoms with Crippen LogP contribution in [-0.4, -0.2) is 59.1 Å². The molecule has 3 heterocycles. The van der Waals surface area contributed by atoms with Gasteiger partial charge in [-0.25, -0.2) is 9.78 Å². The Morgan fingerprint density at radius 1 is 1.16 bits per heavy atom. The number of aliphatic hydroxyl groups is 1. The largest absolute Gasteiger partial charge is 0.494 e. The predicted octanol–water partition coefficient (Wildman–Crippen LogP) is 2.80. The van der Waals surface area contributed by atoms with Crippen LogP contribution in [-0.2, 0) is 18.3 Å². The van der Waals surface area contributed by atoms with Crippen LogP contribution in [0.15, 0.2) is 36.4 Å². The van der Waals surface area contributed by atoms with Crippen molar-refractivity contribution >= 4 is 33.6 Å². The summed E-state index contributed by atoms with van der Waals surface area (Å²) in [4.78, 5) is 19.2. The van der Waals surface area contributed by atoms with Crippen LogP contribution < -0.4 is 9.64 Å². The van der Waals surface area contributed by atoms with E-state index < -0.39 is 5.97 Å². The van der Waals surface area contributed by atoms with E-state index in [9.17, 15) is 9.90 Å². The minimum atomic E-state index is -0.426. The van der Waals surface area contributed by atoms with Crippen molar-refractivity contribution in [3.05, 3.63) is 42.0 Å². The number of aryl methyl sites for hydroxylation is 1. The van der Waals surface area contributed by atoms with Gasteiger partial charge in [0.25, 0.3) is 0 Å². The molecule has 0 radical (unpaired) electrons. The molecule has 8 nitrogen and oxygen atoms in total. The van der Waals surface area contributed by atoms with Crippen molar-refractivity contribution in [1.29, 1.82) is 0 Å². The van der Waals surface area contributed by atoms with E-state index in [1.54, 1.807) is 19.2 Å². The molecule has 160 valence electrons. The number of hydrogen-bond acceptors (Lipinski definition) is 6. The first-order valence-corrected chi connectivity index (χ1v) is 10.2. The van der Waals surface area contributed by atoms with E-state index in [1.807, 2.05) is 17.7 Å². The average molecular weight is 420 g/mol. The van der Waals surface area contributed by atoms with E-state index in [1.165, 1.54) is 7.11 Å². The minimum absolute atomic E-state index is 0.122. The molecule has 2 aromatic carbocycles. The highest BCUT2D eigenvalue weighted by molar-refractivity contribution is 5.99. The van der Waals surface area contributed by atoms with Crippen LogP contribution in [0.25, 0.3) is 33.5 Å². The van der Waals surface area contributed by atoms with Crippen LogP contribution in [0.3, 0.4) is 0 Å². The van der Waals surface area contributed by atoms with Gasteiger partial charge in [-0.15, -0.1) is 0 Å². The molecule has 1 aliphatic heterocycles. The molecule has 0 unspecified atom stereocenters. The number of para-hydroxylation sites is 1. The van der Waals surface area contributed by atoms with Crippen LogP contribution in [0.1, 0.15) is 10.4 Å². The zero-order valence-corrected chi connectivity index (χ0v) is 17.8. The lowest BCUT2D eigenvalue weighted by molar-refractivity contribution is 0.0600. The third kappa shape index (κ3) is 2.86. The van der Waals surface area contributed by atoms with Gasteiger partial charge < -0.3 is 28.6 Å². The van der Waals surface area contributed by atoms with Gasteiger partial charge in [-0.3, -0.25) is 0 Å². The van der Waals surface area contributed by atoms with Gasteiger partial charge in [-0.05, 0) is 24.3 Å². The Morgan fingerprint density at radius 3 is 2.74 bits per heavy atom. The second kappa shape index (κ2) is 7.31. The summed E-state index contributed by atoms with van der Waals surface area (Å²) in [6.07, 6.45) is 0. The van der Waals surface area contributed by atoms with E-state index in [-0.39, 0.29) is 6.61 Å². The maximum absolute atomic E-state index is 12.1. The van der Waals surface area contributed by atoms with Crippen molar-refractivity contribution in [2.75, 3.05) is 38.8 Å². The molecule has 0 amide bonds. The van der Waals surface area contributed by atoms with Crippen molar-refractivity contribution in [3.63, 3.8) is 0 Å². The molecule has 0 saturated heterocycles. The molecule has 2 aromatic heterocycles. The highest BCUT2D eigenvalue weighted by Crippen LogP contribution is 2.38. The number of aromatic nitrogens is 3. The molecule has 1 aliphatic rings. The molecule has 0 saturated carbocycles. The number of carbonyl (C=O) groups excluding carboxylic acids is 1. The van der Waals surface area contributed by atoms with Crippen molar-refractivity contribution in [2.45, 2.75) is 6.54 Å². The first kappa shape index (κ1) is 19.4. The zero-order valence-electron chi connectivity index (χ0n) is 17.8. The number of methoxy groups -OCH3 is 2. The van der Waals surface area contributed by atoms with Crippen molar-refractivity contribution in [2.24, 2.45) is 7.05 Å². The number of anilines is 1. The summed E-state index contributed by atoms with van der Waals surface area (Å²) in [5.74, 6) is 0.946. The normalized spacial score (nSPS) is 13.2. The van der Waals surface area contributed by atoms with Gasteiger partial charge in [0.2, 0.25) is 0 Å². The number of β-amino-alcohol motifs (C(OH)–C–C–N with tert-alkyl or cyclic N) is 1. The second-order valence-corrected chi connectivity index (χ2v) is 7.64. The van der Waals surface area contributed by atoms with Crippen LogP contribution in [0.4, 0.5) is 5.69 Å². The van der Waals surface area contributed by atoms with Crippen molar-refractivity contribution in [1.82, 2.24) is 14.1 Å². The number of benzene rings is 2. The molecule has 0 spiro atoms. The summed E-state index contributed by atoms with van der Waals surface area (Å²) >= 11 is 0. The fourth-order valence-corrected chi connectivity index (χ4v) is 4.60. The number of ether oxygens (including phenoxy) is 2. The lowest BCUT2D eigenvalue weighted by Gasteiger charge is -2.30. The molecule has 0 fully saturated rings. The highest BCUT2D eigenvalue weighted by Gasteiger charge is 2.25. The highest BCUT2D eigenvalue weighted by atomic mass is 16.5. The second-order valence-electron chi connectivity index (χ2n) is 7.64. The molecule has 0 aliphatic carbocycles. The maximum atomic E-state index is 12.1. The van der Waals surface area contributed by atoms with Gasteiger partial charge in [0, 0.05) is 32.1 Å². The lowest BCUT2D eigenvalue weighted by atomic mass is 10.2. The zero-order chi connectivity index (χ0) is 21.7. The molecule has 8 heteroatoms. The summed E-state index contributed by atoms with van der Waals surface area (Å²) in [5.41, 5.74) is 5.17. The van der Waals surface area contributed by atoms with E-state index in [0.717, 1.165) is 46.7 Å². The summed E-state index contributed by atoms with van der Waals surface area (Å²) in [5, 5.41) is 10.6. The number of carbonyl (C=O) groups is 1. The third-order valence-corrected chi connectivity index (χ3v) is 6.01. The number of fused-ring (bicyclic) bond motifs is 1. The fraction of sp³-hybridized carbons (Fsp3) is 0.304. The van der Waals surface area contributed by atoms with Crippen LogP contribution >= 0.6 is 0 Å². The Hall–Kier alpha value is -3.52. The minimum Gasteiger partial charge on any atom is -0.494 e. The summed E-state index contributed by atoms with van der Waals surface area (Å²) in [6.45, 7) is 2.34. The predicted molar refractivity (Wildman–Crippen MR) is 119 cm³/mol. The Labute approximate surface area is 179 Å². The topological polar surface area (TPSA) is 81.8 Å². The van der Waals surface area contributed by atoms with Gasteiger partial charge >= 0.3 is 5.97 Å². The van der Waals surface area contributed by atoms with Crippen molar-refractivity contribution in [3.8, 4) is 17.3 Å². The standard InChI is InChI=1S/C23H24N4O4/c1-25-21-16(11-15(23(29)31-3)13-19(21)30-2)24-22(25)18-12-14-5-4-6-17-20(14)27(18)8-7-26(17)9-10-28/h4-6,11-13,28H,7-10H2,1-3H3. The van der Waals surface area contributed by atoms with Gasteiger partial charge in [-0.2, -0.15) is 0 Å². The quantitative estimate of drug-likeness (QED) is 0.500. The lowest BCUT2D eigenvalue weighted by Crippen LogP contribution is -2.33. The number of imidazole rings is 1. The molecule has 0 bridgehead atoms. The number of aliphatic hydroxyl groups excluding tert-OH is 1. The monoisotopic (exact) mass is 420 g/mol. The van der Waals surface area contributed by atoms with Crippen LogP contribution in [0.5, 0.6) is 5.75 Å². The molecule has 31 heavy (non-hydrogen) atoms.